The third kappa shape index (κ3) is 6.17. The zero-order valence-electron chi connectivity index (χ0n) is 16.3. The summed E-state index contributed by atoms with van der Waals surface area (Å²) in [4.78, 5) is 11.6. The highest BCUT2D eigenvalue weighted by Crippen LogP contribution is 2.38. The third-order valence-electron chi connectivity index (χ3n) is 4.21. The quantitative estimate of drug-likeness (QED) is 0.437. The van der Waals surface area contributed by atoms with Gasteiger partial charge >= 0.3 is 5.97 Å². The molecule has 1 rings (SSSR count). The molecular formula is C20H30O6. The molecule has 6 heteroatoms. The molecule has 1 atom stereocenters. The van der Waals surface area contributed by atoms with Gasteiger partial charge in [0.05, 0.1) is 27.9 Å². The van der Waals surface area contributed by atoms with Crippen LogP contribution in [-0.2, 0) is 9.53 Å². The molecule has 1 aromatic carbocycles. The Bertz CT molecular complexity index is 583. The van der Waals surface area contributed by atoms with Gasteiger partial charge in [0.2, 0.25) is 11.5 Å². The Kier molecular flexibility index (Phi) is 9.41. The van der Waals surface area contributed by atoms with Crippen molar-refractivity contribution >= 4 is 12.0 Å². The summed E-state index contributed by atoms with van der Waals surface area (Å²) in [5.41, 5.74) is 0.596. The van der Waals surface area contributed by atoms with Crippen LogP contribution < -0.4 is 14.2 Å². The second-order valence-electron chi connectivity index (χ2n) is 6.00. The number of unbranched alkanes of at least 4 members (excludes halogenated alkanes) is 1. The largest absolute Gasteiger partial charge is 0.493 e. The molecule has 0 aliphatic carbocycles. The predicted octanol–water partition coefficient (Wildman–Crippen LogP) is 4.37. The third-order valence-corrected chi connectivity index (χ3v) is 4.21. The minimum absolute atomic E-state index is 0.103. The lowest BCUT2D eigenvalue weighted by atomic mass is 10.0. The van der Waals surface area contributed by atoms with E-state index in [0.717, 1.165) is 25.7 Å². The van der Waals surface area contributed by atoms with Gasteiger partial charge in [-0.1, -0.05) is 33.1 Å². The number of carboxylic acid groups (broad SMARTS) is 1. The Labute approximate surface area is 155 Å². The molecule has 0 fully saturated rings. The zero-order valence-corrected chi connectivity index (χ0v) is 16.3. The van der Waals surface area contributed by atoms with Crippen molar-refractivity contribution < 1.29 is 28.8 Å². The summed E-state index contributed by atoms with van der Waals surface area (Å²) in [6.45, 7) is 4.62. The van der Waals surface area contributed by atoms with Gasteiger partial charge in [-0.2, -0.15) is 0 Å². The minimum Gasteiger partial charge on any atom is -0.493 e. The normalized spacial score (nSPS) is 12.4. The lowest BCUT2D eigenvalue weighted by Gasteiger charge is -2.16. The van der Waals surface area contributed by atoms with E-state index in [2.05, 4.69) is 13.8 Å². The molecule has 1 aromatic rings. The van der Waals surface area contributed by atoms with Crippen LogP contribution in [0.3, 0.4) is 0 Å². The molecule has 0 aliphatic heterocycles. The molecule has 0 aliphatic rings. The number of benzene rings is 1. The second-order valence-corrected chi connectivity index (χ2v) is 6.00. The van der Waals surface area contributed by atoms with Crippen LogP contribution >= 0.6 is 0 Å². The van der Waals surface area contributed by atoms with Crippen molar-refractivity contribution in [3.05, 3.63) is 23.5 Å². The molecule has 1 unspecified atom stereocenters. The Morgan fingerprint density at radius 3 is 2.15 bits per heavy atom. The van der Waals surface area contributed by atoms with Crippen molar-refractivity contribution in [3.8, 4) is 17.2 Å². The fourth-order valence-electron chi connectivity index (χ4n) is 2.61. The van der Waals surface area contributed by atoms with Crippen LogP contribution in [0.4, 0.5) is 0 Å². The Morgan fingerprint density at radius 1 is 1.12 bits per heavy atom. The highest BCUT2D eigenvalue weighted by molar-refractivity contribution is 5.90. The molecule has 0 saturated heterocycles. The molecule has 0 bridgehead atoms. The van der Waals surface area contributed by atoms with Gasteiger partial charge in [-0.05, 0) is 36.1 Å². The molecule has 0 radical (unpaired) electrons. The summed E-state index contributed by atoms with van der Waals surface area (Å²) >= 11 is 0. The van der Waals surface area contributed by atoms with E-state index in [1.807, 2.05) is 0 Å². The predicted molar refractivity (Wildman–Crippen MR) is 101 cm³/mol. The van der Waals surface area contributed by atoms with Gasteiger partial charge in [0.15, 0.2) is 11.5 Å². The average Bonchev–Trinajstić information content (AvgIpc) is 2.65. The van der Waals surface area contributed by atoms with Crippen LogP contribution in [0.5, 0.6) is 17.2 Å². The molecule has 26 heavy (non-hydrogen) atoms. The summed E-state index contributed by atoms with van der Waals surface area (Å²) in [7, 11) is 4.54. The molecular weight excluding hydrogens is 336 g/mol. The van der Waals surface area contributed by atoms with E-state index in [1.54, 1.807) is 12.1 Å². The number of hydrogen-bond donors (Lipinski definition) is 1. The second kappa shape index (κ2) is 11.3. The Balaban J connectivity index is 3.06. The van der Waals surface area contributed by atoms with E-state index >= 15 is 0 Å². The zero-order chi connectivity index (χ0) is 19.5. The van der Waals surface area contributed by atoms with Crippen LogP contribution in [0.15, 0.2) is 17.9 Å². The molecule has 0 aromatic heterocycles. The van der Waals surface area contributed by atoms with E-state index < -0.39 is 5.97 Å². The van der Waals surface area contributed by atoms with Gasteiger partial charge in [0.1, 0.15) is 0 Å². The topological polar surface area (TPSA) is 74.2 Å². The molecule has 0 amide bonds. The van der Waals surface area contributed by atoms with Crippen molar-refractivity contribution in [3.63, 3.8) is 0 Å². The fourth-order valence-corrected chi connectivity index (χ4v) is 2.61. The summed E-state index contributed by atoms with van der Waals surface area (Å²) < 4.78 is 21.5. The molecule has 1 N–H and O–H groups in total. The highest BCUT2D eigenvalue weighted by atomic mass is 16.5. The number of hydrogen-bond acceptors (Lipinski definition) is 5. The highest BCUT2D eigenvalue weighted by Gasteiger charge is 2.16. The number of methoxy groups -OCH3 is 3. The van der Waals surface area contributed by atoms with Crippen LogP contribution in [-0.4, -0.2) is 39.0 Å². The fraction of sp³-hybridized carbons (Fsp3) is 0.550. The summed E-state index contributed by atoms with van der Waals surface area (Å²) in [6, 6.07) is 3.37. The Hall–Kier alpha value is -2.37. The maximum atomic E-state index is 11.6. The SMILES string of the molecule is CCCCC(CC)COC(=Cc1cc(OC)c(OC)c(OC)c1)C(=O)O. The molecule has 0 saturated carbocycles. The van der Waals surface area contributed by atoms with Gasteiger partial charge in [-0.15, -0.1) is 0 Å². The average molecular weight is 366 g/mol. The minimum atomic E-state index is -1.11. The van der Waals surface area contributed by atoms with E-state index in [1.165, 1.54) is 27.4 Å². The lowest BCUT2D eigenvalue weighted by Crippen LogP contribution is -2.13. The molecule has 0 heterocycles. The van der Waals surface area contributed by atoms with Gasteiger partial charge in [-0.25, -0.2) is 4.79 Å². The molecule has 146 valence electrons. The van der Waals surface area contributed by atoms with Crippen molar-refractivity contribution in [2.45, 2.75) is 39.5 Å². The first-order valence-electron chi connectivity index (χ1n) is 8.88. The number of carboxylic acids is 1. The smallest absolute Gasteiger partial charge is 0.371 e. The maximum absolute atomic E-state index is 11.6. The number of carbonyl (C=O) groups is 1. The monoisotopic (exact) mass is 366 g/mol. The van der Waals surface area contributed by atoms with Gasteiger partial charge in [0, 0.05) is 0 Å². The van der Waals surface area contributed by atoms with Crippen molar-refractivity contribution in [2.75, 3.05) is 27.9 Å². The van der Waals surface area contributed by atoms with E-state index in [4.69, 9.17) is 18.9 Å². The van der Waals surface area contributed by atoms with E-state index in [-0.39, 0.29) is 5.76 Å². The first-order valence-corrected chi connectivity index (χ1v) is 8.88. The first kappa shape index (κ1) is 21.7. The lowest BCUT2D eigenvalue weighted by molar-refractivity contribution is -0.136. The van der Waals surface area contributed by atoms with Crippen molar-refractivity contribution in [2.24, 2.45) is 5.92 Å². The van der Waals surface area contributed by atoms with Gasteiger partial charge in [-0.3, -0.25) is 0 Å². The summed E-state index contributed by atoms with van der Waals surface area (Å²) in [6.07, 6.45) is 5.69. The molecule has 6 nitrogen and oxygen atoms in total. The van der Waals surface area contributed by atoms with Crippen molar-refractivity contribution in [1.29, 1.82) is 0 Å². The van der Waals surface area contributed by atoms with Crippen molar-refractivity contribution in [1.82, 2.24) is 0 Å². The van der Waals surface area contributed by atoms with E-state index in [0.29, 0.717) is 35.3 Å². The number of rotatable bonds is 12. The van der Waals surface area contributed by atoms with Crippen LogP contribution in [0.1, 0.15) is 45.1 Å². The van der Waals surface area contributed by atoms with Gasteiger partial charge in [0.25, 0.3) is 0 Å². The molecule has 0 spiro atoms. The van der Waals surface area contributed by atoms with Crippen LogP contribution in [0.2, 0.25) is 0 Å². The van der Waals surface area contributed by atoms with E-state index in [9.17, 15) is 9.90 Å². The van der Waals surface area contributed by atoms with Crippen LogP contribution in [0, 0.1) is 5.92 Å². The first-order chi connectivity index (χ1) is 12.5. The Morgan fingerprint density at radius 2 is 1.73 bits per heavy atom. The number of ether oxygens (including phenoxy) is 4. The standard InChI is InChI=1S/C20H30O6/c1-6-8-9-14(7-2)13-26-18(20(21)22)12-15-10-16(23-3)19(25-5)17(11-15)24-4/h10-12,14H,6-9,13H2,1-5H3,(H,21,22). The number of aliphatic carboxylic acids is 1. The van der Waals surface area contributed by atoms with Gasteiger partial charge < -0.3 is 24.1 Å². The van der Waals surface area contributed by atoms with Crippen LogP contribution in [0.25, 0.3) is 6.08 Å². The summed E-state index contributed by atoms with van der Waals surface area (Å²) in [5.74, 6) is 0.501. The maximum Gasteiger partial charge on any atom is 0.371 e. The summed E-state index contributed by atoms with van der Waals surface area (Å²) in [5, 5.41) is 9.47.